The van der Waals surface area contributed by atoms with E-state index in [4.69, 9.17) is 0 Å². The first-order valence-electron chi connectivity index (χ1n) is 9.34. The monoisotopic (exact) mass is 452 g/mol. The van der Waals surface area contributed by atoms with Gasteiger partial charge in [0.1, 0.15) is 11.4 Å². The lowest BCUT2D eigenvalue weighted by atomic mass is 10.1. The van der Waals surface area contributed by atoms with E-state index in [1.54, 1.807) is 12.3 Å². The van der Waals surface area contributed by atoms with E-state index < -0.39 is 0 Å². The van der Waals surface area contributed by atoms with Gasteiger partial charge < -0.3 is 20.4 Å². The minimum Gasteiger partial charge on any atom is -0.394 e. The number of aliphatic hydroxyl groups excluding tert-OH is 1. The van der Waals surface area contributed by atoms with Crippen LogP contribution in [-0.2, 0) is 6.42 Å². The highest BCUT2D eigenvalue weighted by molar-refractivity contribution is 9.10. The maximum atomic E-state index is 12.7. The highest BCUT2D eigenvalue weighted by Gasteiger charge is 2.18. The Morgan fingerprint density at radius 3 is 2.76 bits per heavy atom. The molecule has 1 unspecified atom stereocenters. The first-order valence-corrected chi connectivity index (χ1v) is 10.1. The summed E-state index contributed by atoms with van der Waals surface area (Å²) in [6.45, 7) is 1.92. The fourth-order valence-corrected chi connectivity index (χ4v) is 4.05. The second-order valence-electron chi connectivity index (χ2n) is 7.01. The normalized spacial score (nSPS) is 12.2. The predicted octanol–water partition coefficient (Wildman–Crippen LogP) is 4.00. The Labute approximate surface area is 176 Å². The van der Waals surface area contributed by atoms with Crippen LogP contribution in [0.4, 0.5) is 5.69 Å². The van der Waals surface area contributed by atoms with Gasteiger partial charge in [-0.05, 0) is 42.7 Å². The van der Waals surface area contributed by atoms with Crippen LogP contribution in [-0.4, -0.2) is 32.7 Å². The molecular weight excluding hydrogens is 432 g/mol. The lowest BCUT2D eigenvalue weighted by molar-refractivity contribution is 0.274. The SMILES string of the molecule is Cc1cc(Br)cc2[nH]c(-c3c(NC(CO)Cc4ccccc4)cc[nH]c3=O)nc12. The van der Waals surface area contributed by atoms with E-state index in [0.717, 1.165) is 26.6 Å². The van der Waals surface area contributed by atoms with Gasteiger partial charge in [0.25, 0.3) is 5.56 Å². The molecule has 2 aromatic heterocycles. The third-order valence-corrected chi connectivity index (χ3v) is 5.30. The molecule has 2 heterocycles. The number of imidazole rings is 1. The van der Waals surface area contributed by atoms with Crippen LogP contribution < -0.4 is 10.9 Å². The molecule has 0 saturated heterocycles. The molecule has 0 saturated carbocycles. The van der Waals surface area contributed by atoms with Gasteiger partial charge in [-0.25, -0.2) is 4.98 Å². The Kier molecular flexibility index (Phi) is 5.51. The van der Waals surface area contributed by atoms with Crippen LogP contribution in [0, 0.1) is 6.92 Å². The summed E-state index contributed by atoms with van der Waals surface area (Å²) in [7, 11) is 0. The molecule has 29 heavy (non-hydrogen) atoms. The van der Waals surface area contributed by atoms with Crippen molar-refractivity contribution in [2.24, 2.45) is 0 Å². The zero-order valence-corrected chi connectivity index (χ0v) is 17.5. The average molecular weight is 453 g/mol. The fraction of sp³-hybridized carbons (Fsp3) is 0.182. The van der Waals surface area contributed by atoms with Crippen LogP contribution in [0.1, 0.15) is 11.1 Å². The Balaban J connectivity index is 1.72. The lowest BCUT2D eigenvalue weighted by Crippen LogP contribution is -2.28. The molecule has 0 fully saturated rings. The first-order chi connectivity index (χ1) is 14.0. The second-order valence-corrected chi connectivity index (χ2v) is 7.93. The number of hydrogen-bond donors (Lipinski definition) is 4. The number of fused-ring (bicyclic) bond motifs is 1. The smallest absolute Gasteiger partial charge is 0.261 e. The number of nitrogens with one attached hydrogen (secondary N) is 3. The van der Waals surface area contributed by atoms with Crippen molar-refractivity contribution in [1.82, 2.24) is 15.0 Å². The van der Waals surface area contributed by atoms with Crippen molar-refractivity contribution in [3.05, 3.63) is 80.7 Å². The lowest BCUT2D eigenvalue weighted by Gasteiger charge is -2.19. The standard InChI is InChI=1S/C22H21BrN4O2/c1-13-9-15(23)11-18-20(13)27-21(26-18)19-17(7-8-24-22(19)29)25-16(12-28)10-14-5-3-2-4-6-14/h2-9,11,16,28H,10,12H2,1H3,(H,26,27)(H2,24,25,29). The first kappa shape index (κ1) is 19.4. The second kappa shape index (κ2) is 8.23. The largest absolute Gasteiger partial charge is 0.394 e. The molecule has 1 atom stereocenters. The Morgan fingerprint density at radius 1 is 1.21 bits per heavy atom. The van der Waals surface area contributed by atoms with Crippen molar-refractivity contribution >= 4 is 32.7 Å². The van der Waals surface area contributed by atoms with Gasteiger partial charge in [-0.15, -0.1) is 0 Å². The summed E-state index contributed by atoms with van der Waals surface area (Å²) < 4.78 is 0.946. The number of nitrogens with zero attached hydrogens (tertiary/aromatic N) is 1. The molecular formula is C22H21BrN4O2. The number of rotatable bonds is 6. The van der Waals surface area contributed by atoms with Gasteiger partial charge in [-0.2, -0.15) is 0 Å². The number of H-pyrrole nitrogens is 2. The van der Waals surface area contributed by atoms with E-state index in [9.17, 15) is 9.90 Å². The number of benzene rings is 2. The third kappa shape index (κ3) is 4.11. The summed E-state index contributed by atoms with van der Waals surface area (Å²) in [4.78, 5) is 23.3. The minimum atomic E-state index is -0.248. The highest BCUT2D eigenvalue weighted by Crippen LogP contribution is 2.28. The predicted molar refractivity (Wildman–Crippen MR) is 119 cm³/mol. The van der Waals surface area contributed by atoms with Crippen LogP contribution in [0.25, 0.3) is 22.4 Å². The molecule has 0 aliphatic rings. The van der Waals surface area contributed by atoms with Gasteiger partial charge in [0, 0.05) is 10.7 Å². The van der Waals surface area contributed by atoms with Crippen molar-refractivity contribution in [1.29, 1.82) is 0 Å². The van der Waals surface area contributed by atoms with Crippen molar-refractivity contribution in [2.75, 3.05) is 11.9 Å². The number of aromatic nitrogens is 3. The molecule has 0 aliphatic heterocycles. The van der Waals surface area contributed by atoms with E-state index in [-0.39, 0.29) is 18.2 Å². The van der Waals surface area contributed by atoms with E-state index in [0.29, 0.717) is 23.5 Å². The average Bonchev–Trinajstić information content (AvgIpc) is 3.12. The van der Waals surface area contributed by atoms with Crippen molar-refractivity contribution in [3.8, 4) is 11.4 Å². The van der Waals surface area contributed by atoms with Crippen molar-refractivity contribution < 1.29 is 5.11 Å². The molecule has 148 valence electrons. The summed E-state index contributed by atoms with van der Waals surface area (Å²) in [5.74, 6) is 0.488. The quantitative estimate of drug-likeness (QED) is 0.355. The van der Waals surface area contributed by atoms with Crippen molar-refractivity contribution in [3.63, 3.8) is 0 Å². The molecule has 7 heteroatoms. The molecule has 0 bridgehead atoms. The van der Waals surface area contributed by atoms with Crippen molar-refractivity contribution in [2.45, 2.75) is 19.4 Å². The van der Waals surface area contributed by atoms with Gasteiger partial charge in [-0.3, -0.25) is 4.79 Å². The summed E-state index contributed by atoms with van der Waals surface area (Å²) in [6, 6.07) is 15.4. The molecule has 0 amide bonds. The molecule has 0 radical (unpaired) electrons. The summed E-state index contributed by atoms with van der Waals surface area (Å²) in [5.41, 5.74) is 4.59. The molecule has 4 aromatic rings. The fourth-order valence-electron chi connectivity index (χ4n) is 3.48. The van der Waals surface area contributed by atoms with Crippen LogP contribution in [0.3, 0.4) is 0 Å². The van der Waals surface area contributed by atoms with Gasteiger partial charge in [0.05, 0.1) is 29.4 Å². The van der Waals surface area contributed by atoms with Crippen LogP contribution in [0.5, 0.6) is 0 Å². The molecule has 4 rings (SSSR count). The minimum absolute atomic E-state index is 0.0622. The molecule has 2 aromatic carbocycles. The maximum Gasteiger partial charge on any atom is 0.261 e. The molecule has 4 N–H and O–H groups in total. The Hall–Kier alpha value is -2.90. The van der Waals surface area contributed by atoms with Gasteiger partial charge in [0.15, 0.2) is 0 Å². The summed E-state index contributed by atoms with van der Waals surface area (Å²) >= 11 is 3.50. The van der Waals surface area contributed by atoms with Crippen LogP contribution in [0.2, 0.25) is 0 Å². The Bertz CT molecular complexity index is 1200. The Morgan fingerprint density at radius 2 is 2.00 bits per heavy atom. The molecule has 0 aliphatic carbocycles. The molecule has 6 nitrogen and oxygen atoms in total. The number of halogens is 1. The van der Waals surface area contributed by atoms with Crippen LogP contribution >= 0.6 is 15.9 Å². The highest BCUT2D eigenvalue weighted by atomic mass is 79.9. The zero-order valence-electron chi connectivity index (χ0n) is 15.9. The van der Waals surface area contributed by atoms with Gasteiger partial charge in [-0.1, -0.05) is 46.3 Å². The van der Waals surface area contributed by atoms with E-state index in [1.165, 1.54) is 0 Å². The van der Waals surface area contributed by atoms with E-state index in [1.807, 2.05) is 49.4 Å². The van der Waals surface area contributed by atoms with Crippen LogP contribution in [0.15, 0.2) is 64.0 Å². The van der Waals surface area contributed by atoms with E-state index >= 15 is 0 Å². The van der Waals surface area contributed by atoms with Gasteiger partial charge in [0.2, 0.25) is 0 Å². The number of aliphatic hydroxyl groups is 1. The topological polar surface area (TPSA) is 93.8 Å². The number of pyridine rings is 1. The van der Waals surface area contributed by atoms with E-state index in [2.05, 4.69) is 36.2 Å². The number of hydrogen-bond acceptors (Lipinski definition) is 4. The molecule has 0 spiro atoms. The zero-order chi connectivity index (χ0) is 20.4. The van der Waals surface area contributed by atoms with Gasteiger partial charge >= 0.3 is 0 Å². The number of aryl methyl sites for hydroxylation is 1. The number of aromatic amines is 2. The number of anilines is 1. The summed E-state index contributed by atoms with van der Waals surface area (Å²) in [5, 5.41) is 13.2. The summed E-state index contributed by atoms with van der Waals surface area (Å²) in [6.07, 6.45) is 2.23. The third-order valence-electron chi connectivity index (χ3n) is 4.84. The maximum absolute atomic E-state index is 12.7.